The van der Waals surface area contributed by atoms with Crippen molar-refractivity contribution in [3.63, 3.8) is 0 Å². The maximum atomic E-state index is 13.8. The molecule has 2 rings (SSSR count). The molecule has 16 heavy (non-hydrogen) atoms. The van der Waals surface area contributed by atoms with Gasteiger partial charge in [-0.15, -0.1) is 0 Å². The lowest BCUT2D eigenvalue weighted by atomic mass is 10.1. The summed E-state index contributed by atoms with van der Waals surface area (Å²) in [5.74, 6) is -0.307. The Balaban J connectivity index is 2.62. The van der Waals surface area contributed by atoms with Crippen molar-refractivity contribution in [3.8, 4) is 5.69 Å². The third-order valence-electron chi connectivity index (χ3n) is 2.45. The molecule has 1 atom stereocenters. The van der Waals surface area contributed by atoms with Crippen molar-refractivity contribution in [2.45, 2.75) is 19.9 Å². The minimum absolute atomic E-state index is 0.227. The maximum absolute atomic E-state index is 13.8. The normalized spacial score (nSPS) is 12.8. The van der Waals surface area contributed by atoms with Gasteiger partial charge < -0.3 is 5.73 Å². The highest BCUT2D eigenvalue weighted by Crippen LogP contribution is 2.22. The van der Waals surface area contributed by atoms with Crippen molar-refractivity contribution in [2.75, 3.05) is 0 Å². The van der Waals surface area contributed by atoms with Gasteiger partial charge in [0.15, 0.2) is 0 Å². The number of aryl methyl sites for hydroxylation is 1. The Kier molecular flexibility index (Phi) is 2.75. The lowest BCUT2D eigenvalue weighted by molar-refractivity contribution is 0.603. The number of halogens is 1. The monoisotopic (exact) mass is 219 g/mol. The number of para-hydroxylation sites is 1. The highest BCUT2D eigenvalue weighted by atomic mass is 19.1. The van der Waals surface area contributed by atoms with Crippen molar-refractivity contribution in [3.05, 3.63) is 47.5 Å². The second-order valence-corrected chi connectivity index (χ2v) is 3.93. The van der Waals surface area contributed by atoms with Gasteiger partial charge in [-0.25, -0.2) is 9.07 Å². The first-order valence-electron chi connectivity index (χ1n) is 5.15. The molecule has 0 aliphatic heterocycles. The Morgan fingerprint density at radius 2 is 2.19 bits per heavy atom. The lowest BCUT2D eigenvalue weighted by Crippen LogP contribution is -2.11. The van der Waals surface area contributed by atoms with Crippen molar-refractivity contribution >= 4 is 0 Å². The van der Waals surface area contributed by atoms with Crippen LogP contribution in [0.2, 0.25) is 0 Å². The summed E-state index contributed by atoms with van der Waals surface area (Å²) in [5.41, 5.74) is 7.99. The molecule has 4 heteroatoms. The highest BCUT2D eigenvalue weighted by Gasteiger charge is 2.13. The molecular formula is C12H14FN3. The van der Waals surface area contributed by atoms with E-state index >= 15 is 0 Å². The van der Waals surface area contributed by atoms with Crippen LogP contribution in [0.1, 0.15) is 24.1 Å². The zero-order chi connectivity index (χ0) is 11.7. The summed E-state index contributed by atoms with van der Waals surface area (Å²) in [7, 11) is 0. The molecule has 0 saturated carbocycles. The van der Waals surface area contributed by atoms with Crippen LogP contribution in [0.3, 0.4) is 0 Å². The molecule has 0 amide bonds. The molecular weight excluding hydrogens is 205 g/mol. The minimum atomic E-state index is -0.307. The number of nitrogens with two attached hydrogens (primary N) is 1. The Bertz CT molecular complexity index is 503. The van der Waals surface area contributed by atoms with E-state index in [0.29, 0.717) is 5.69 Å². The first-order chi connectivity index (χ1) is 7.59. The van der Waals surface area contributed by atoms with E-state index in [-0.39, 0.29) is 11.9 Å². The molecule has 3 nitrogen and oxygen atoms in total. The number of hydrogen-bond acceptors (Lipinski definition) is 2. The van der Waals surface area contributed by atoms with Gasteiger partial charge in [0.1, 0.15) is 11.5 Å². The van der Waals surface area contributed by atoms with E-state index in [0.717, 1.165) is 11.1 Å². The molecule has 0 unspecified atom stereocenters. The second-order valence-electron chi connectivity index (χ2n) is 3.93. The van der Waals surface area contributed by atoms with Gasteiger partial charge in [0.2, 0.25) is 0 Å². The predicted molar refractivity (Wildman–Crippen MR) is 60.9 cm³/mol. The summed E-state index contributed by atoms with van der Waals surface area (Å²) in [6, 6.07) is 4.67. The van der Waals surface area contributed by atoms with Gasteiger partial charge in [-0.2, -0.15) is 5.10 Å². The summed E-state index contributed by atoms with van der Waals surface area (Å²) >= 11 is 0. The van der Waals surface area contributed by atoms with Gasteiger partial charge in [0.25, 0.3) is 0 Å². The smallest absolute Gasteiger partial charge is 0.149 e. The third-order valence-corrected chi connectivity index (χ3v) is 2.45. The standard InChI is InChI=1S/C12H14FN3/c1-8-6-15-16(7-8)12-10(9(2)14)4-3-5-11(12)13/h3-7,9H,14H2,1-2H3/t9-/m0/s1. The Morgan fingerprint density at radius 1 is 1.44 bits per heavy atom. The van der Waals surface area contributed by atoms with E-state index in [1.165, 1.54) is 10.7 Å². The quantitative estimate of drug-likeness (QED) is 0.842. The van der Waals surface area contributed by atoms with Crippen molar-refractivity contribution in [1.82, 2.24) is 9.78 Å². The Morgan fingerprint density at radius 3 is 2.75 bits per heavy atom. The zero-order valence-corrected chi connectivity index (χ0v) is 9.31. The molecule has 0 fully saturated rings. The molecule has 0 aliphatic carbocycles. The van der Waals surface area contributed by atoms with Gasteiger partial charge in [0.05, 0.1) is 6.20 Å². The molecule has 0 saturated heterocycles. The molecule has 0 bridgehead atoms. The maximum Gasteiger partial charge on any atom is 0.149 e. The average Bonchev–Trinajstić information content (AvgIpc) is 2.64. The fourth-order valence-electron chi connectivity index (χ4n) is 1.68. The molecule has 2 N–H and O–H groups in total. The molecule has 1 aromatic carbocycles. The zero-order valence-electron chi connectivity index (χ0n) is 9.31. The SMILES string of the molecule is Cc1cnn(-c2c(F)cccc2[C@H](C)N)c1. The number of rotatable bonds is 2. The minimum Gasteiger partial charge on any atom is -0.324 e. The Labute approximate surface area is 93.7 Å². The van der Waals surface area contributed by atoms with Crippen molar-refractivity contribution in [2.24, 2.45) is 5.73 Å². The van der Waals surface area contributed by atoms with Crippen LogP contribution < -0.4 is 5.73 Å². The first-order valence-corrected chi connectivity index (χ1v) is 5.15. The summed E-state index contributed by atoms with van der Waals surface area (Å²) < 4.78 is 15.3. The van der Waals surface area contributed by atoms with Crippen molar-refractivity contribution in [1.29, 1.82) is 0 Å². The first kappa shape index (κ1) is 10.8. The highest BCUT2D eigenvalue weighted by molar-refractivity contribution is 5.43. The van der Waals surface area contributed by atoms with Gasteiger partial charge in [-0.3, -0.25) is 0 Å². The molecule has 0 radical (unpaired) electrons. The van der Waals surface area contributed by atoms with Crippen LogP contribution in [0, 0.1) is 12.7 Å². The van der Waals surface area contributed by atoms with E-state index in [4.69, 9.17) is 5.73 Å². The molecule has 2 aromatic rings. The van der Waals surface area contributed by atoms with E-state index < -0.39 is 0 Å². The van der Waals surface area contributed by atoms with Gasteiger partial charge in [-0.1, -0.05) is 12.1 Å². The second kappa shape index (κ2) is 4.06. The van der Waals surface area contributed by atoms with E-state index in [9.17, 15) is 4.39 Å². The van der Waals surface area contributed by atoms with Crippen LogP contribution in [0.15, 0.2) is 30.6 Å². The van der Waals surface area contributed by atoms with E-state index in [2.05, 4.69) is 5.10 Å². The summed E-state index contributed by atoms with van der Waals surface area (Å²) in [4.78, 5) is 0. The third kappa shape index (κ3) is 1.84. The number of benzene rings is 1. The molecule has 1 heterocycles. The molecule has 0 aliphatic rings. The summed E-state index contributed by atoms with van der Waals surface area (Å²) in [6.45, 7) is 3.74. The Hall–Kier alpha value is -1.68. The number of nitrogens with zero attached hydrogens (tertiary/aromatic N) is 2. The molecule has 84 valence electrons. The molecule has 0 spiro atoms. The van der Waals surface area contributed by atoms with Crippen molar-refractivity contribution < 1.29 is 4.39 Å². The lowest BCUT2D eigenvalue weighted by Gasteiger charge is -2.13. The van der Waals surface area contributed by atoms with Crippen LogP contribution in [0.5, 0.6) is 0 Å². The fraction of sp³-hybridized carbons (Fsp3) is 0.250. The number of aromatic nitrogens is 2. The predicted octanol–water partition coefficient (Wildman–Crippen LogP) is 2.34. The summed E-state index contributed by atoms with van der Waals surface area (Å²) in [6.07, 6.45) is 3.47. The van der Waals surface area contributed by atoms with Gasteiger partial charge in [-0.05, 0) is 31.0 Å². The van der Waals surface area contributed by atoms with Crippen LogP contribution in [-0.4, -0.2) is 9.78 Å². The van der Waals surface area contributed by atoms with Crippen LogP contribution in [-0.2, 0) is 0 Å². The van der Waals surface area contributed by atoms with Crippen LogP contribution in [0.4, 0.5) is 4.39 Å². The van der Waals surface area contributed by atoms with Gasteiger partial charge >= 0.3 is 0 Å². The number of hydrogen-bond donors (Lipinski definition) is 1. The largest absolute Gasteiger partial charge is 0.324 e. The van der Waals surface area contributed by atoms with E-state index in [1.54, 1.807) is 18.5 Å². The van der Waals surface area contributed by atoms with E-state index in [1.807, 2.05) is 19.9 Å². The van der Waals surface area contributed by atoms with Gasteiger partial charge in [0, 0.05) is 12.2 Å². The molecule has 1 aromatic heterocycles. The topological polar surface area (TPSA) is 43.8 Å². The van der Waals surface area contributed by atoms with Crippen LogP contribution in [0.25, 0.3) is 5.69 Å². The fourth-order valence-corrected chi connectivity index (χ4v) is 1.68. The summed E-state index contributed by atoms with van der Waals surface area (Å²) in [5, 5.41) is 4.11. The average molecular weight is 219 g/mol. The van der Waals surface area contributed by atoms with Crippen LogP contribution >= 0.6 is 0 Å².